The lowest BCUT2D eigenvalue weighted by atomic mass is 9.70. The summed E-state index contributed by atoms with van der Waals surface area (Å²) >= 11 is 0. The molecule has 0 bridgehead atoms. The van der Waals surface area contributed by atoms with Crippen molar-refractivity contribution in [3.8, 4) is 0 Å². The Morgan fingerprint density at radius 1 is 0.909 bits per heavy atom. The van der Waals surface area contributed by atoms with E-state index in [1.165, 1.54) is 47.1 Å². The third kappa shape index (κ3) is 1.93. The van der Waals surface area contributed by atoms with Crippen LogP contribution in [0, 0.1) is 27.7 Å². The standard InChI is InChI=1S/C20H31NO/c1-12-13(2)15(4)18-17(14(12)3)16(5)22-21-19(6,7)10-9-11-20(18,21)8/h16H,9-11H2,1-8H3. The predicted octanol–water partition coefficient (Wildman–Crippen LogP) is 5.41. The van der Waals surface area contributed by atoms with E-state index in [9.17, 15) is 0 Å². The molecule has 1 aromatic carbocycles. The molecule has 3 rings (SSSR count). The lowest BCUT2D eigenvalue weighted by molar-refractivity contribution is -0.323. The number of benzene rings is 1. The van der Waals surface area contributed by atoms with E-state index in [1.807, 2.05) is 0 Å². The number of hydroxylamine groups is 2. The summed E-state index contributed by atoms with van der Waals surface area (Å²) in [4.78, 5) is 6.50. The van der Waals surface area contributed by atoms with Gasteiger partial charge in [-0.05, 0) is 108 Å². The van der Waals surface area contributed by atoms with Crippen LogP contribution in [0.4, 0.5) is 0 Å². The molecular weight excluding hydrogens is 270 g/mol. The summed E-state index contributed by atoms with van der Waals surface area (Å²) in [5, 5.41) is 2.33. The van der Waals surface area contributed by atoms with Crippen molar-refractivity contribution in [2.45, 2.75) is 91.8 Å². The van der Waals surface area contributed by atoms with Gasteiger partial charge in [-0.1, -0.05) is 0 Å². The average Bonchev–Trinajstić information content (AvgIpc) is 2.43. The zero-order chi connectivity index (χ0) is 16.4. The van der Waals surface area contributed by atoms with Gasteiger partial charge in [-0.2, -0.15) is 5.06 Å². The fraction of sp³-hybridized carbons (Fsp3) is 0.700. The van der Waals surface area contributed by atoms with E-state index in [0.717, 1.165) is 0 Å². The predicted molar refractivity (Wildman–Crippen MR) is 92.0 cm³/mol. The number of fused-ring (bicyclic) bond motifs is 3. The number of nitrogens with zero attached hydrogens (tertiary/aromatic N) is 1. The second-order valence-corrected chi connectivity index (χ2v) is 8.27. The Morgan fingerprint density at radius 3 is 2.14 bits per heavy atom. The first kappa shape index (κ1) is 16.0. The smallest absolute Gasteiger partial charge is 0.102 e. The van der Waals surface area contributed by atoms with Crippen molar-refractivity contribution < 1.29 is 4.84 Å². The second-order valence-electron chi connectivity index (χ2n) is 8.27. The first-order valence-corrected chi connectivity index (χ1v) is 8.69. The fourth-order valence-electron chi connectivity index (χ4n) is 4.98. The summed E-state index contributed by atoms with van der Waals surface area (Å²) in [6.07, 6.45) is 3.79. The minimum Gasteiger partial charge on any atom is -0.290 e. The van der Waals surface area contributed by atoms with Crippen LogP contribution in [0.5, 0.6) is 0 Å². The van der Waals surface area contributed by atoms with Gasteiger partial charge >= 0.3 is 0 Å². The summed E-state index contributed by atoms with van der Waals surface area (Å²) in [6.45, 7) is 18.4. The quantitative estimate of drug-likeness (QED) is 0.635. The summed E-state index contributed by atoms with van der Waals surface area (Å²) in [6, 6.07) is 0. The largest absolute Gasteiger partial charge is 0.290 e. The molecule has 2 aliphatic rings. The molecule has 1 fully saturated rings. The molecular formula is C20H31NO. The van der Waals surface area contributed by atoms with Crippen molar-refractivity contribution in [2.24, 2.45) is 0 Å². The van der Waals surface area contributed by atoms with Crippen LogP contribution in [0.3, 0.4) is 0 Å². The minimum atomic E-state index is -0.00308. The van der Waals surface area contributed by atoms with Crippen LogP contribution in [-0.2, 0) is 10.4 Å². The van der Waals surface area contributed by atoms with E-state index in [2.05, 4.69) is 60.5 Å². The molecule has 22 heavy (non-hydrogen) atoms. The molecule has 2 heteroatoms. The molecule has 2 atom stereocenters. The molecule has 0 spiro atoms. The third-order valence-corrected chi connectivity index (χ3v) is 6.39. The van der Waals surface area contributed by atoms with Crippen molar-refractivity contribution in [2.75, 3.05) is 0 Å². The maximum Gasteiger partial charge on any atom is 0.102 e. The Hall–Kier alpha value is -0.860. The summed E-state index contributed by atoms with van der Waals surface area (Å²) in [7, 11) is 0. The lowest BCUT2D eigenvalue weighted by Crippen LogP contribution is -2.60. The van der Waals surface area contributed by atoms with Gasteiger partial charge in [-0.3, -0.25) is 4.84 Å². The van der Waals surface area contributed by atoms with Crippen molar-refractivity contribution in [3.05, 3.63) is 33.4 Å². The van der Waals surface area contributed by atoms with Crippen LogP contribution in [0.15, 0.2) is 0 Å². The highest BCUT2D eigenvalue weighted by Crippen LogP contribution is 2.53. The third-order valence-electron chi connectivity index (χ3n) is 6.39. The number of hydrogen-bond donors (Lipinski definition) is 0. The van der Waals surface area contributed by atoms with Gasteiger partial charge in [0.1, 0.15) is 6.10 Å². The molecule has 0 saturated carbocycles. The lowest BCUT2D eigenvalue weighted by Gasteiger charge is -2.58. The Labute approximate surface area is 135 Å². The summed E-state index contributed by atoms with van der Waals surface area (Å²) < 4.78 is 0. The van der Waals surface area contributed by atoms with Gasteiger partial charge in [0.05, 0.1) is 5.54 Å². The molecule has 2 nitrogen and oxygen atoms in total. The van der Waals surface area contributed by atoms with Gasteiger partial charge in [0, 0.05) is 5.54 Å². The SMILES string of the molecule is Cc1c(C)c(C)c2c(c1C)C(C)ON1C(C)(C)CCCC21C. The van der Waals surface area contributed by atoms with E-state index < -0.39 is 0 Å². The second kappa shape index (κ2) is 4.82. The van der Waals surface area contributed by atoms with Crippen LogP contribution in [0.2, 0.25) is 0 Å². The Balaban J connectivity index is 2.33. The highest BCUT2D eigenvalue weighted by molar-refractivity contribution is 5.54. The van der Waals surface area contributed by atoms with E-state index in [-0.39, 0.29) is 17.2 Å². The normalized spacial score (nSPS) is 30.8. The highest BCUT2D eigenvalue weighted by atomic mass is 16.7. The van der Waals surface area contributed by atoms with Crippen molar-refractivity contribution in [3.63, 3.8) is 0 Å². The molecule has 0 radical (unpaired) electrons. The van der Waals surface area contributed by atoms with Gasteiger partial charge in [-0.15, -0.1) is 0 Å². The molecule has 0 aromatic heterocycles. The van der Waals surface area contributed by atoms with Crippen LogP contribution in [0.25, 0.3) is 0 Å². The number of hydrogen-bond acceptors (Lipinski definition) is 2. The first-order valence-electron chi connectivity index (χ1n) is 8.69. The van der Waals surface area contributed by atoms with Gasteiger partial charge in [0.2, 0.25) is 0 Å². The molecule has 122 valence electrons. The Morgan fingerprint density at radius 2 is 1.50 bits per heavy atom. The van der Waals surface area contributed by atoms with Crippen LogP contribution < -0.4 is 0 Å². The highest BCUT2D eigenvalue weighted by Gasteiger charge is 2.52. The summed E-state index contributed by atoms with van der Waals surface area (Å²) in [5.41, 5.74) is 8.85. The molecule has 1 saturated heterocycles. The van der Waals surface area contributed by atoms with E-state index in [0.29, 0.717) is 0 Å². The monoisotopic (exact) mass is 301 g/mol. The van der Waals surface area contributed by atoms with E-state index in [4.69, 9.17) is 4.84 Å². The molecule has 2 unspecified atom stereocenters. The Bertz CT molecular complexity index is 631. The number of rotatable bonds is 0. The van der Waals surface area contributed by atoms with E-state index in [1.54, 1.807) is 5.56 Å². The molecule has 2 aliphatic heterocycles. The maximum absolute atomic E-state index is 6.50. The molecule has 0 N–H and O–H groups in total. The van der Waals surface area contributed by atoms with Crippen LogP contribution in [-0.4, -0.2) is 10.6 Å². The number of piperidine rings is 1. The zero-order valence-electron chi connectivity index (χ0n) is 15.6. The van der Waals surface area contributed by atoms with E-state index >= 15 is 0 Å². The van der Waals surface area contributed by atoms with Crippen LogP contribution >= 0.6 is 0 Å². The van der Waals surface area contributed by atoms with Crippen molar-refractivity contribution in [1.29, 1.82) is 0 Å². The minimum absolute atomic E-state index is 0.00308. The molecule has 1 aromatic rings. The Kier molecular flexibility index (Phi) is 3.51. The van der Waals surface area contributed by atoms with Gasteiger partial charge in [0.15, 0.2) is 0 Å². The fourth-order valence-corrected chi connectivity index (χ4v) is 4.98. The van der Waals surface area contributed by atoms with Crippen LogP contribution in [0.1, 0.15) is 86.4 Å². The maximum atomic E-state index is 6.50. The topological polar surface area (TPSA) is 12.5 Å². The summed E-state index contributed by atoms with van der Waals surface area (Å²) in [5.74, 6) is 0. The zero-order valence-corrected chi connectivity index (χ0v) is 15.6. The first-order chi connectivity index (χ1) is 10.1. The molecule has 0 amide bonds. The van der Waals surface area contributed by atoms with Gasteiger partial charge < -0.3 is 0 Å². The van der Waals surface area contributed by atoms with Gasteiger partial charge in [-0.25, -0.2) is 0 Å². The molecule has 0 aliphatic carbocycles. The van der Waals surface area contributed by atoms with Crippen molar-refractivity contribution >= 4 is 0 Å². The average molecular weight is 301 g/mol. The van der Waals surface area contributed by atoms with Gasteiger partial charge in [0.25, 0.3) is 0 Å². The van der Waals surface area contributed by atoms with Crippen molar-refractivity contribution in [1.82, 2.24) is 5.06 Å². The molecule has 2 heterocycles.